The van der Waals surface area contributed by atoms with Crippen molar-refractivity contribution in [1.29, 1.82) is 0 Å². The summed E-state index contributed by atoms with van der Waals surface area (Å²) in [5.41, 5.74) is -1.46. The fraction of sp³-hybridized carbons (Fsp3) is 0.483. The van der Waals surface area contributed by atoms with Crippen LogP contribution in [0.15, 0.2) is 60.7 Å². The molecule has 0 amide bonds. The Morgan fingerprint density at radius 3 is 1.74 bits per heavy atom. The molecule has 0 saturated carbocycles. The molecule has 0 aliphatic carbocycles. The normalized spacial score (nSPS) is 23.2. The summed E-state index contributed by atoms with van der Waals surface area (Å²) < 4.78 is 35.5. The molecule has 3 rings (SSSR count). The lowest BCUT2D eigenvalue weighted by Crippen LogP contribution is -2.68. The highest BCUT2D eigenvalue weighted by molar-refractivity contribution is 6.99. The summed E-state index contributed by atoms with van der Waals surface area (Å²) in [5, 5.41) is 1.71. The van der Waals surface area contributed by atoms with Crippen LogP contribution in [0.3, 0.4) is 0 Å². The standard InChI is InChI=1S/C29H38O9Si/c1-20(30)34-18-29(26(33-7)25(36-21(2)31)27(38-29)37-22(3)32)19-35-39(28(4,5)6,23-14-10-8-11-15-23)24-16-12-9-13-17-24/h8-17,25-27H,18-19H2,1-7H3/t25-,26+,27?,29-/m1/s1. The van der Waals surface area contributed by atoms with E-state index in [-0.39, 0.29) is 18.3 Å². The Morgan fingerprint density at radius 1 is 0.821 bits per heavy atom. The lowest BCUT2D eigenvalue weighted by molar-refractivity contribution is -0.216. The second-order valence-electron chi connectivity index (χ2n) is 10.6. The molecule has 1 saturated heterocycles. The van der Waals surface area contributed by atoms with Crippen molar-refractivity contribution >= 4 is 36.6 Å². The molecule has 1 heterocycles. The zero-order valence-electron chi connectivity index (χ0n) is 23.6. The predicted octanol–water partition coefficient (Wildman–Crippen LogP) is 2.73. The molecule has 0 bridgehead atoms. The first-order valence-electron chi connectivity index (χ1n) is 12.8. The van der Waals surface area contributed by atoms with Crippen LogP contribution < -0.4 is 10.4 Å². The second-order valence-corrected chi connectivity index (χ2v) is 14.9. The van der Waals surface area contributed by atoms with Crippen molar-refractivity contribution in [2.24, 2.45) is 0 Å². The highest BCUT2D eigenvalue weighted by atomic mass is 28.4. The molecule has 2 aromatic carbocycles. The maximum absolute atomic E-state index is 12.0. The third kappa shape index (κ3) is 6.58. The van der Waals surface area contributed by atoms with Gasteiger partial charge in [0.1, 0.15) is 12.7 Å². The predicted molar refractivity (Wildman–Crippen MR) is 146 cm³/mol. The fourth-order valence-electron chi connectivity index (χ4n) is 5.21. The van der Waals surface area contributed by atoms with Gasteiger partial charge in [-0.25, -0.2) is 0 Å². The van der Waals surface area contributed by atoms with Gasteiger partial charge in [-0.15, -0.1) is 0 Å². The smallest absolute Gasteiger partial charge is 0.305 e. The lowest BCUT2D eigenvalue weighted by atomic mass is 9.96. The second kappa shape index (κ2) is 12.4. The minimum absolute atomic E-state index is 0.110. The number of carbonyl (C=O) groups excluding carboxylic acids is 3. The van der Waals surface area contributed by atoms with E-state index in [0.717, 1.165) is 10.4 Å². The number of hydrogen-bond donors (Lipinski definition) is 0. The molecule has 212 valence electrons. The largest absolute Gasteiger partial charge is 0.463 e. The van der Waals surface area contributed by atoms with Crippen molar-refractivity contribution in [1.82, 2.24) is 0 Å². The monoisotopic (exact) mass is 558 g/mol. The minimum Gasteiger partial charge on any atom is -0.463 e. The molecule has 0 radical (unpaired) electrons. The topological polar surface area (TPSA) is 107 Å². The summed E-state index contributed by atoms with van der Waals surface area (Å²) in [5.74, 6) is -1.79. The summed E-state index contributed by atoms with van der Waals surface area (Å²) in [6.07, 6.45) is -3.40. The van der Waals surface area contributed by atoms with Crippen LogP contribution in [0.5, 0.6) is 0 Å². The van der Waals surface area contributed by atoms with E-state index < -0.39 is 50.3 Å². The van der Waals surface area contributed by atoms with Crippen LogP contribution in [0.4, 0.5) is 0 Å². The van der Waals surface area contributed by atoms with Crippen LogP contribution in [-0.2, 0) is 42.5 Å². The van der Waals surface area contributed by atoms with E-state index in [1.54, 1.807) is 0 Å². The number of ether oxygens (including phenoxy) is 5. The average Bonchev–Trinajstić information content (AvgIpc) is 3.14. The van der Waals surface area contributed by atoms with E-state index in [9.17, 15) is 14.4 Å². The molecule has 1 fully saturated rings. The molecular weight excluding hydrogens is 520 g/mol. The Bertz CT molecular complexity index is 1090. The van der Waals surface area contributed by atoms with Gasteiger partial charge in [0.05, 0.1) is 6.61 Å². The zero-order chi connectivity index (χ0) is 28.8. The number of rotatable bonds is 10. The number of hydrogen-bond acceptors (Lipinski definition) is 9. The third-order valence-corrected chi connectivity index (χ3v) is 11.7. The molecule has 10 heteroatoms. The van der Waals surface area contributed by atoms with E-state index in [4.69, 9.17) is 28.1 Å². The van der Waals surface area contributed by atoms with Gasteiger partial charge in [-0.3, -0.25) is 14.4 Å². The van der Waals surface area contributed by atoms with Crippen LogP contribution in [0, 0.1) is 0 Å². The molecule has 1 unspecified atom stereocenters. The molecule has 0 N–H and O–H groups in total. The van der Waals surface area contributed by atoms with Gasteiger partial charge in [0.25, 0.3) is 8.32 Å². The van der Waals surface area contributed by atoms with Crippen LogP contribution in [0.2, 0.25) is 5.04 Å². The lowest BCUT2D eigenvalue weighted by Gasteiger charge is -2.45. The van der Waals surface area contributed by atoms with Gasteiger partial charge >= 0.3 is 17.9 Å². The Hall–Kier alpha value is -3.05. The maximum atomic E-state index is 12.0. The van der Waals surface area contributed by atoms with Crippen molar-refractivity contribution in [3.8, 4) is 0 Å². The molecule has 1 aliphatic heterocycles. The van der Waals surface area contributed by atoms with Gasteiger partial charge in [-0.05, 0) is 15.4 Å². The molecule has 0 spiro atoms. The van der Waals surface area contributed by atoms with E-state index in [1.165, 1.54) is 27.9 Å². The van der Waals surface area contributed by atoms with Crippen molar-refractivity contribution < 1.29 is 42.5 Å². The molecule has 4 atom stereocenters. The van der Waals surface area contributed by atoms with Crippen molar-refractivity contribution in [2.75, 3.05) is 20.3 Å². The number of methoxy groups -OCH3 is 1. The third-order valence-electron chi connectivity index (χ3n) is 6.74. The first kappa shape index (κ1) is 30.5. The summed E-state index contributed by atoms with van der Waals surface area (Å²) in [4.78, 5) is 35.9. The highest BCUT2D eigenvalue weighted by Crippen LogP contribution is 2.41. The number of esters is 3. The van der Waals surface area contributed by atoms with Crippen molar-refractivity contribution in [3.63, 3.8) is 0 Å². The SMILES string of the molecule is CO[C@H]1[C@@H](OC(C)=O)C(OC(C)=O)O[C@]1(COC(C)=O)CO[Si](c1ccccc1)(c1ccccc1)C(C)(C)C. The highest BCUT2D eigenvalue weighted by Gasteiger charge is 2.62. The first-order valence-corrected chi connectivity index (χ1v) is 14.7. The molecular formula is C29H38O9Si. The molecule has 2 aromatic rings. The molecule has 0 aromatic heterocycles. The van der Waals surface area contributed by atoms with E-state index in [0.29, 0.717) is 0 Å². The van der Waals surface area contributed by atoms with Crippen LogP contribution in [-0.4, -0.2) is 70.6 Å². The fourth-order valence-corrected chi connectivity index (χ4v) is 9.83. The Balaban J connectivity index is 2.16. The van der Waals surface area contributed by atoms with Crippen LogP contribution in [0.25, 0.3) is 0 Å². The maximum Gasteiger partial charge on any atom is 0.305 e. The van der Waals surface area contributed by atoms with Gasteiger partial charge in [0, 0.05) is 27.9 Å². The van der Waals surface area contributed by atoms with Crippen LogP contribution >= 0.6 is 0 Å². The van der Waals surface area contributed by atoms with Crippen LogP contribution in [0.1, 0.15) is 41.5 Å². The molecule has 1 aliphatic rings. The summed E-state index contributed by atoms with van der Waals surface area (Å²) in [6.45, 7) is 9.74. The van der Waals surface area contributed by atoms with E-state index in [2.05, 4.69) is 45.0 Å². The van der Waals surface area contributed by atoms with Gasteiger partial charge in [-0.1, -0.05) is 81.4 Å². The van der Waals surface area contributed by atoms with Crippen molar-refractivity contribution in [2.45, 2.75) is 70.7 Å². The quantitative estimate of drug-likeness (QED) is 0.247. The van der Waals surface area contributed by atoms with Gasteiger partial charge in [-0.2, -0.15) is 0 Å². The van der Waals surface area contributed by atoms with E-state index in [1.807, 2.05) is 36.4 Å². The number of benzene rings is 2. The Morgan fingerprint density at radius 2 is 1.33 bits per heavy atom. The average molecular weight is 559 g/mol. The van der Waals surface area contributed by atoms with E-state index >= 15 is 0 Å². The van der Waals surface area contributed by atoms with Gasteiger partial charge in [0.2, 0.25) is 6.29 Å². The summed E-state index contributed by atoms with van der Waals surface area (Å²) >= 11 is 0. The minimum atomic E-state index is -3.06. The summed E-state index contributed by atoms with van der Waals surface area (Å²) in [7, 11) is -1.64. The molecule has 9 nitrogen and oxygen atoms in total. The first-order chi connectivity index (χ1) is 18.4. The van der Waals surface area contributed by atoms with Gasteiger partial charge in [0.15, 0.2) is 11.7 Å². The number of carbonyl (C=O) groups is 3. The Kier molecular flexibility index (Phi) is 9.71. The zero-order valence-corrected chi connectivity index (χ0v) is 24.6. The Labute approximate surface area is 230 Å². The summed E-state index contributed by atoms with van der Waals surface area (Å²) in [6, 6.07) is 20.0. The van der Waals surface area contributed by atoms with Crippen molar-refractivity contribution in [3.05, 3.63) is 60.7 Å². The van der Waals surface area contributed by atoms with Gasteiger partial charge < -0.3 is 28.1 Å². The molecule has 39 heavy (non-hydrogen) atoms.